The monoisotopic (exact) mass is 280 g/mol. The van der Waals surface area contributed by atoms with Gasteiger partial charge in [-0.15, -0.1) is 5.10 Å². The first-order valence-electron chi connectivity index (χ1n) is 5.41. The number of tetrazole rings is 1. The summed E-state index contributed by atoms with van der Waals surface area (Å²) in [6.45, 7) is 3.73. The predicted molar refractivity (Wildman–Crippen MR) is 65.5 cm³/mol. The van der Waals surface area contributed by atoms with Crippen LogP contribution in [0.4, 0.5) is 0 Å². The molecule has 0 saturated carbocycles. The van der Waals surface area contributed by atoms with Gasteiger partial charge < -0.3 is 4.74 Å². The normalized spacial score (nSPS) is 10.5. The molecule has 0 amide bonds. The molecule has 0 N–H and O–H groups in total. The summed E-state index contributed by atoms with van der Waals surface area (Å²) >= 11 is 1.20. The first-order valence-corrected chi connectivity index (χ1v) is 6.23. The number of hydrogen-bond donors (Lipinski definition) is 0. The summed E-state index contributed by atoms with van der Waals surface area (Å²) in [5.74, 6) is -0.421. The highest BCUT2D eigenvalue weighted by Crippen LogP contribution is 2.22. The van der Waals surface area contributed by atoms with Crippen molar-refractivity contribution in [2.24, 2.45) is 0 Å². The second kappa shape index (κ2) is 5.74. The molecular formula is C10H12N6O2S. The highest BCUT2D eigenvalue weighted by atomic mass is 32.2. The lowest BCUT2D eigenvalue weighted by Gasteiger charge is -2.03. The van der Waals surface area contributed by atoms with Gasteiger partial charge in [0.2, 0.25) is 5.16 Å². The summed E-state index contributed by atoms with van der Waals surface area (Å²) in [4.78, 5) is 19.8. The van der Waals surface area contributed by atoms with Crippen molar-refractivity contribution in [2.45, 2.75) is 30.7 Å². The fourth-order valence-electron chi connectivity index (χ4n) is 1.38. The van der Waals surface area contributed by atoms with E-state index in [1.165, 1.54) is 23.6 Å². The Hall–Kier alpha value is -2.03. The van der Waals surface area contributed by atoms with Crippen molar-refractivity contribution in [1.82, 2.24) is 30.2 Å². The average Bonchev–Trinajstić information content (AvgIpc) is 2.75. The van der Waals surface area contributed by atoms with Gasteiger partial charge in [-0.25, -0.2) is 14.6 Å². The number of hydrogen-bond acceptors (Lipinski definition) is 8. The average molecular weight is 280 g/mol. The quantitative estimate of drug-likeness (QED) is 0.586. The molecule has 0 bridgehead atoms. The van der Waals surface area contributed by atoms with Gasteiger partial charge in [0.15, 0.2) is 5.16 Å². The van der Waals surface area contributed by atoms with Crippen LogP contribution in [0.25, 0.3) is 0 Å². The number of rotatable bonds is 4. The predicted octanol–water partition coefficient (Wildman–Crippen LogP) is 0.404. The first-order chi connectivity index (χ1) is 9.08. The van der Waals surface area contributed by atoms with Gasteiger partial charge in [0.25, 0.3) is 0 Å². The zero-order chi connectivity index (χ0) is 13.8. The number of aryl methyl sites for hydroxylation is 2. The van der Waals surface area contributed by atoms with Crippen LogP contribution in [-0.2, 0) is 16.1 Å². The van der Waals surface area contributed by atoms with E-state index in [1.54, 1.807) is 0 Å². The molecule has 2 heterocycles. The van der Waals surface area contributed by atoms with Crippen molar-refractivity contribution in [2.75, 3.05) is 7.11 Å². The summed E-state index contributed by atoms with van der Waals surface area (Å²) in [6.07, 6.45) is 0. The minimum absolute atomic E-state index is 0.0450. The van der Waals surface area contributed by atoms with E-state index in [0.29, 0.717) is 10.3 Å². The number of aromatic nitrogens is 6. The second-order valence-corrected chi connectivity index (χ2v) is 4.67. The van der Waals surface area contributed by atoms with E-state index < -0.39 is 5.97 Å². The third-order valence-corrected chi connectivity index (χ3v) is 2.99. The third-order valence-electron chi connectivity index (χ3n) is 2.15. The second-order valence-electron chi connectivity index (χ2n) is 3.73. The molecule has 2 rings (SSSR count). The number of esters is 1. The molecule has 8 nitrogen and oxygen atoms in total. The number of carbonyl (C=O) groups excluding carboxylic acids is 1. The van der Waals surface area contributed by atoms with E-state index in [4.69, 9.17) is 0 Å². The lowest BCUT2D eigenvalue weighted by Crippen LogP contribution is -2.13. The number of nitrogens with zero attached hydrogens (tertiary/aromatic N) is 6. The third kappa shape index (κ3) is 3.47. The van der Waals surface area contributed by atoms with Gasteiger partial charge in [-0.1, -0.05) is 0 Å². The molecule has 100 valence electrons. The lowest BCUT2D eigenvalue weighted by molar-refractivity contribution is -0.141. The molecule has 0 unspecified atom stereocenters. The van der Waals surface area contributed by atoms with Gasteiger partial charge in [-0.3, -0.25) is 4.79 Å². The molecule has 0 aliphatic carbocycles. The fraction of sp³-hybridized carbons (Fsp3) is 0.400. The maximum Gasteiger partial charge on any atom is 0.327 e. The van der Waals surface area contributed by atoms with Gasteiger partial charge in [-0.05, 0) is 42.1 Å². The first kappa shape index (κ1) is 13.4. The minimum Gasteiger partial charge on any atom is -0.468 e. The molecule has 2 aromatic rings. The Bertz CT molecular complexity index is 579. The van der Waals surface area contributed by atoms with Crippen LogP contribution in [0.15, 0.2) is 16.4 Å². The van der Waals surface area contributed by atoms with E-state index in [-0.39, 0.29) is 6.54 Å². The molecule has 9 heteroatoms. The highest BCUT2D eigenvalue weighted by molar-refractivity contribution is 7.99. The molecule has 0 saturated heterocycles. The topological polar surface area (TPSA) is 95.7 Å². The van der Waals surface area contributed by atoms with Gasteiger partial charge >= 0.3 is 5.97 Å². The van der Waals surface area contributed by atoms with Crippen LogP contribution < -0.4 is 0 Å². The molecule has 0 aromatic carbocycles. The van der Waals surface area contributed by atoms with Crippen LogP contribution in [0.1, 0.15) is 11.4 Å². The van der Waals surface area contributed by atoms with Crippen molar-refractivity contribution in [3.8, 4) is 0 Å². The van der Waals surface area contributed by atoms with Crippen LogP contribution in [0.5, 0.6) is 0 Å². The van der Waals surface area contributed by atoms with Crippen molar-refractivity contribution in [3.05, 3.63) is 17.5 Å². The van der Waals surface area contributed by atoms with E-state index in [9.17, 15) is 4.79 Å². The number of carbonyl (C=O) groups is 1. The molecule has 0 radical (unpaired) electrons. The van der Waals surface area contributed by atoms with Crippen LogP contribution in [0, 0.1) is 13.8 Å². The van der Waals surface area contributed by atoms with Gasteiger partial charge in [-0.2, -0.15) is 0 Å². The summed E-state index contributed by atoms with van der Waals surface area (Å²) in [5.41, 5.74) is 1.73. The molecule has 0 spiro atoms. The standard InChI is InChI=1S/C10H12N6O2S/c1-6-4-7(2)12-9(11-6)19-10-13-14-15-16(10)5-8(17)18-3/h4H,5H2,1-3H3. The molecule has 0 fully saturated rings. The molecular weight excluding hydrogens is 268 g/mol. The molecule has 19 heavy (non-hydrogen) atoms. The Labute approximate surface area is 113 Å². The van der Waals surface area contributed by atoms with Crippen LogP contribution >= 0.6 is 11.8 Å². The SMILES string of the molecule is COC(=O)Cn1nnnc1Sc1nc(C)cc(C)n1. The van der Waals surface area contributed by atoms with Crippen LogP contribution in [-0.4, -0.2) is 43.3 Å². The number of methoxy groups -OCH3 is 1. The molecule has 2 aromatic heterocycles. The summed E-state index contributed by atoms with van der Waals surface area (Å²) < 4.78 is 5.92. The fourth-order valence-corrected chi connectivity index (χ4v) is 2.20. The maximum absolute atomic E-state index is 11.2. The Balaban J connectivity index is 2.19. The lowest BCUT2D eigenvalue weighted by atomic mass is 10.4. The Kier molecular flexibility index (Phi) is 4.05. The Morgan fingerprint density at radius 3 is 2.68 bits per heavy atom. The molecule has 0 aliphatic heterocycles. The highest BCUT2D eigenvalue weighted by Gasteiger charge is 2.13. The zero-order valence-electron chi connectivity index (χ0n) is 10.7. The Morgan fingerprint density at radius 2 is 2.05 bits per heavy atom. The van der Waals surface area contributed by atoms with Crippen LogP contribution in [0.3, 0.4) is 0 Å². The summed E-state index contributed by atoms with van der Waals surface area (Å²) in [7, 11) is 1.31. The van der Waals surface area contributed by atoms with Crippen molar-refractivity contribution in [1.29, 1.82) is 0 Å². The van der Waals surface area contributed by atoms with E-state index in [1.807, 2.05) is 19.9 Å². The van der Waals surface area contributed by atoms with Crippen molar-refractivity contribution < 1.29 is 9.53 Å². The number of ether oxygens (including phenoxy) is 1. The van der Waals surface area contributed by atoms with E-state index in [0.717, 1.165) is 11.4 Å². The van der Waals surface area contributed by atoms with Gasteiger partial charge in [0.05, 0.1) is 7.11 Å². The van der Waals surface area contributed by atoms with Crippen molar-refractivity contribution >= 4 is 17.7 Å². The van der Waals surface area contributed by atoms with Crippen LogP contribution in [0.2, 0.25) is 0 Å². The zero-order valence-corrected chi connectivity index (χ0v) is 11.5. The van der Waals surface area contributed by atoms with E-state index >= 15 is 0 Å². The van der Waals surface area contributed by atoms with Gasteiger partial charge in [0.1, 0.15) is 6.54 Å². The minimum atomic E-state index is -0.421. The molecule has 0 atom stereocenters. The summed E-state index contributed by atoms with van der Waals surface area (Å²) in [6, 6.07) is 1.88. The smallest absolute Gasteiger partial charge is 0.327 e. The van der Waals surface area contributed by atoms with E-state index in [2.05, 4.69) is 30.2 Å². The van der Waals surface area contributed by atoms with Gasteiger partial charge in [0, 0.05) is 11.4 Å². The van der Waals surface area contributed by atoms with Crippen molar-refractivity contribution in [3.63, 3.8) is 0 Å². The largest absolute Gasteiger partial charge is 0.468 e. The summed E-state index contributed by atoms with van der Waals surface area (Å²) in [5, 5.41) is 12.1. The molecule has 0 aliphatic rings. The maximum atomic E-state index is 11.2. The Morgan fingerprint density at radius 1 is 1.37 bits per heavy atom.